The molecule has 15 heavy (non-hydrogen) atoms. The van der Waals surface area contributed by atoms with Crippen LogP contribution >= 0.6 is 7.60 Å². The molecule has 0 aliphatic rings. The maximum absolute atomic E-state index is 11.9. The van der Waals surface area contributed by atoms with Gasteiger partial charge in [0.25, 0.3) is 0 Å². The second-order valence-corrected chi connectivity index (χ2v) is 5.39. The van der Waals surface area contributed by atoms with Gasteiger partial charge in [-0.25, -0.2) is 0 Å². The summed E-state index contributed by atoms with van der Waals surface area (Å²) in [6, 6.07) is 0. The van der Waals surface area contributed by atoms with Crippen molar-refractivity contribution in [3.05, 3.63) is 0 Å². The second-order valence-electron chi connectivity index (χ2n) is 3.21. The van der Waals surface area contributed by atoms with Crippen molar-refractivity contribution >= 4 is 13.5 Å². The Morgan fingerprint density at radius 1 is 1.20 bits per heavy atom. The zero-order valence-electron chi connectivity index (χ0n) is 9.86. The van der Waals surface area contributed by atoms with Crippen LogP contribution in [0.3, 0.4) is 0 Å². The first-order chi connectivity index (χ1) is 6.95. The van der Waals surface area contributed by atoms with Gasteiger partial charge >= 0.3 is 7.60 Å². The number of nitrogens with zero attached hydrogens (tertiary/aromatic N) is 1. The third-order valence-electron chi connectivity index (χ3n) is 1.75. The molecule has 0 aromatic heterocycles. The molecule has 0 atom stereocenters. The number of hydrogen-bond donors (Lipinski definition) is 0. The minimum Gasteiger partial charge on any atom is -0.349 e. The topological polar surface area (TPSA) is 55.8 Å². The van der Waals surface area contributed by atoms with Gasteiger partial charge in [-0.1, -0.05) is 0 Å². The van der Waals surface area contributed by atoms with Gasteiger partial charge in [0, 0.05) is 20.5 Å². The molecule has 0 saturated heterocycles. The van der Waals surface area contributed by atoms with Crippen molar-refractivity contribution in [1.82, 2.24) is 4.90 Å². The van der Waals surface area contributed by atoms with Crippen molar-refractivity contribution in [2.75, 3.05) is 33.5 Å². The van der Waals surface area contributed by atoms with Gasteiger partial charge < -0.3 is 13.9 Å². The SMILES string of the molecule is CCOP(=O)(CCC(=O)N(C)C)OCC. The summed E-state index contributed by atoms with van der Waals surface area (Å²) >= 11 is 0. The molecular weight excluding hydrogens is 217 g/mol. The van der Waals surface area contributed by atoms with Crippen LogP contribution < -0.4 is 0 Å². The first-order valence-electron chi connectivity index (χ1n) is 5.03. The standard InChI is InChI=1S/C9H20NO4P/c1-5-13-15(12,14-6-2)8-7-9(11)10(3)4/h5-8H2,1-4H3. The van der Waals surface area contributed by atoms with Crippen LogP contribution in [0.4, 0.5) is 0 Å². The van der Waals surface area contributed by atoms with Crippen molar-refractivity contribution in [1.29, 1.82) is 0 Å². The monoisotopic (exact) mass is 237 g/mol. The van der Waals surface area contributed by atoms with Crippen molar-refractivity contribution in [2.24, 2.45) is 0 Å². The Balaban J connectivity index is 4.18. The Kier molecular flexibility index (Phi) is 6.81. The van der Waals surface area contributed by atoms with Crippen molar-refractivity contribution in [2.45, 2.75) is 20.3 Å². The zero-order chi connectivity index (χ0) is 11.9. The van der Waals surface area contributed by atoms with Crippen LogP contribution in [0.1, 0.15) is 20.3 Å². The summed E-state index contributed by atoms with van der Waals surface area (Å²) in [6.45, 7) is 4.15. The third-order valence-corrected chi connectivity index (χ3v) is 3.82. The van der Waals surface area contributed by atoms with E-state index in [-0.39, 0.29) is 18.5 Å². The van der Waals surface area contributed by atoms with E-state index in [1.165, 1.54) is 4.90 Å². The summed E-state index contributed by atoms with van der Waals surface area (Å²) in [7, 11) is 0.262. The van der Waals surface area contributed by atoms with Gasteiger partial charge in [0.05, 0.1) is 19.4 Å². The lowest BCUT2D eigenvalue weighted by atomic mass is 10.4. The smallest absolute Gasteiger partial charge is 0.331 e. The summed E-state index contributed by atoms with van der Waals surface area (Å²) < 4.78 is 22.1. The fourth-order valence-electron chi connectivity index (χ4n) is 1.02. The fraction of sp³-hybridized carbons (Fsp3) is 0.889. The Bertz CT molecular complexity index is 232. The zero-order valence-corrected chi connectivity index (χ0v) is 10.8. The van der Waals surface area contributed by atoms with Gasteiger partial charge in [0.15, 0.2) is 0 Å². The van der Waals surface area contributed by atoms with E-state index in [1.807, 2.05) is 0 Å². The highest BCUT2D eigenvalue weighted by atomic mass is 31.2. The highest BCUT2D eigenvalue weighted by Gasteiger charge is 2.24. The van der Waals surface area contributed by atoms with E-state index in [9.17, 15) is 9.36 Å². The molecule has 0 aliphatic carbocycles. The summed E-state index contributed by atoms with van der Waals surface area (Å²) in [5.74, 6) is -0.0744. The predicted octanol–water partition coefficient (Wildman–Crippen LogP) is 1.73. The average Bonchev–Trinajstić information content (AvgIpc) is 2.15. The van der Waals surface area contributed by atoms with Crippen LogP contribution in [0.25, 0.3) is 0 Å². The molecule has 0 rings (SSSR count). The van der Waals surface area contributed by atoms with E-state index in [1.54, 1.807) is 27.9 Å². The quantitative estimate of drug-likeness (QED) is 0.633. The molecular formula is C9H20NO4P. The average molecular weight is 237 g/mol. The Hall–Kier alpha value is -0.380. The van der Waals surface area contributed by atoms with E-state index in [0.29, 0.717) is 13.2 Å². The molecule has 0 heterocycles. The molecule has 0 bridgehead atoms. The number of amides is 1. The summed E-state index contributed by atoms with van der Waals surface area (Å²) in [4.78, 5) is 12.8. The van der Waals surface area contributed by atoms with E-state index in [4.69, 9.17) is 9.05 Å². The van der Waals surface area contributed by atoms with Gasteiger partial charge in [-0.05, 0) is 13.8 Å². The van der Waals surface area contributed by atoms with Gasteiger partial charge in [0.1, 0.15) is 0 Å². The Morgan fingerprint density at radius 2 is 1.67 bits per heavy atom. The summed E-state index contributed by atoms with van der Waals surface area (Å²) in [6.07, 6.45) is 0.329. The van der Waals surface area contributed by atoms with Crippen LogP contribution in [-0.4, -0.2) is 44.3 Å². The van der Waals surface area contributed by atoms with Crippen LogP contribution in [-0.2, 0) is 18.4 Å². The Labute approximate surface area is 91.3 Å². The molecule has 90 valence electrons. The maximum atomic E-state index is 11.9. The number of hydrogen-bond acceptors (Lipinski definition) is 4. The van der Waals surface area contributed by atoms with Gasteiger partial charge in [-0.2, -0.15) is 0 Å². The van der Waals surface area contributed by atoms with Crippen molar-refractivity contribution in [3.8, 4) is 0 Å². The maximum Gasteiger partial charge on any atom is 0.331 e. The number of carbonyl (C=O) groups excluding carboxylic acids is 1. The highest BCUT2D eigenvalue weighted by molar-refractivity contribution is 7.53. The molecule has 0 fully saturated rings. The molecule has 0 aromatic rings. The first kappa shape index (κ1) is 14.6. The van der Waals surface area contributed by atoms with Crippen LogP contribution in [0.15, 0.2) is 0 Å². The lowest BCUT2D eigenvalue weighted by Crippen LogP contribution is -2.22. The molecule has 0 N–H and O–H groups in total. The van der Waals surface area contributed by atoms with E-state index < -0.39 is 7.60 Å². The van der Waals surface area contributed by atoms with E-state index >= 15 is 0 Å². The first-order valence-corrected chi connectivity index (χ1v) is 6.76. The lowest BCUT2D eigenvalue weighted by molar-refractivity contribution is -0.128. The predicted molar refractivity (Wildman–Crippen MR) is 59.0 cm³/mol. The van der Waals surface area contributed by atoms with Crippen LogP contribution in [0.2, 0.25) is 0 Å². The summed E-state index contributed by atoms with van der Waals surface area (Å²) in [5.41, 5.74) is 0. The normalized spacial score (nSPS) is 11.5. The van der Waals surface area contributed by atoms with Crippen LogP contribution in [0.5, 0.6) is 0 Å². The summed E-state index contributed by atoms with van der Waals surface area (Å²) in [5, 5.41) is 0. The van der Waals surface area contributed by atoms with Crippen LogP contribution in [0, 0.1) is 0 Å². The molecule has 0 aromatic carbocycles. The van der Waals surface area contributed by atoms with Gasteiger partial charge in [-0.15, -0.1) is 0 Å². The largest absolute Gasteiger partial charge is 0.349 e. The molecule has 0 radical (unpaired) electrons. The molecule has 0 spiro atoms. The Morgan fingerprint density at radius 3 is 2.00 bits per heavy atom. The lowest BCUT2D eigenvalue weighted by Gasteiger charge is -2.17. The third kappa shape index (κ3) is 5.92. The minimum atomic E-state index is -3.06. The van der Waals surface area contributed by atoms with E-state index in [0.717, 1.165) is 0 Å². The van der Waals surface area contributed by atoms with E-state index in [2.05, 4.69) is 0 Å². The second kappa shape index (κ2) is 6.99. The number of carbonyl (C=O) groups is 1. The molecule has 1 amide bonds. The highest BCUT2D eigenvalue weighted by Crippen LogP contribution is 2.48. The van der Waals surface area contributed by atoms with Gasteiger partial charge in [0.2, 0.25) is 5.91 Å². The molecule has 0 unspecified atom stereocenters. The molecule has 0 aliphatic heterocycles. The molecule has 6 heteroatoms. The van der Waals surface area contributed by atoms with Crippen molar-refractivity contribution in [3.63, 3.8) is 0 Å². The molecule has 0 saturated carbocycles. The number of rotatable bonds is 7. The molecule has 5 nitrogen and oxygen atoms in total. The fourth-order valence-corrected chi connectivity index (χ4v) is 2.60. The van der Waals surface area contributed by atoms with Gasteiger partial charge in [-0.3, -0.25) is 9.36 Å². The van der Waals surface area contributed by atoms with Crippen molar-refractivity contribution < 1.29 is 18.4 Å². The minimum absolute atomic E-state index is 0.0744.